The SMILES string of the molecule is O=C(c1ccno1)N(Cc1cccc(-c2ccc3ncnc(NCCc4ccccc4)c3c2)c1)C1CC1. The van der Waals surface area contributed by atoms with Crippen LogP contribution in [0, 0.1) is 0 Å². The van der Waals surface area contributed by atoms with Gasteiger partial charge in [0, 0.05) is 30.6 Å². The number of benzene rings is 3. The summed E-state index contributed by atoms with van der Waals surface area (Å²) in [7, 11) is 0. The summed E-state index contributed by atoms with van der Waals surface area (Å²) < 4.78 is 5.13. The molecular weight excluding hydrogens is 462 g/mol. The van der Waals surface area contributed by atoms with Crippen molar-refractivity contribution in [3.63, 3.8) is 0 Å². The van der Waals surface area contributed by atoms with Gasteiger partial charge in [-0.15, -0.1) is 0 Å². The molecule has 1 amide bonds. The molecule has 5 aromatic rings. The number of hydrogen-bond acceptors (Lipinski definition) is 6. The first-order chi connectivity index (χ1) is 18.2. The minimum absolute atomic E-state index is 0.112. The maximum absolute atomic E-state index is 13.0. The van der Waals surface area contributed by atoms with Crippen LogP contribution < -0.4 is 5.32 Å². The largest absolute Gasteiger partial charge is 0.369 e. The Morgan fingerprint density at radius 1 is 0.919 bits per heavy atom. The van der Waals surface area contributed by atoms with Crippen molar-refractivity contribution in [2.75, 3.05) is 11.9 Å². The Labute approximate surface area is 215 Å². The van der Waals surface area contributed by atoms with Crippen LogP contribution in [0.2, 0.25) is 0 Å². The van der Waals surface area contributed by atoms with Gasteiger partial charge < -0.3 is 14.7 Å². The predicted molar refractivity (Wildman–Crippen MR) is 143 cm³/mol. The van der Waals surface area contributed by atoms with Gasteiger partial charge in [-0.3, -0.25) is 4.79 Å². The quantitative estimate of drug-likeness (QED) is 0.284. The average Bonchev–Trinajstić information content (AvgIpc) is 3.64. The Kier molecular flexibility index (Phi) is 6.33. The lowest BCUT2D eigenvalue weighted by Gasteiger charge is -2.21. The van der Waals surface area contributed by atoms with Crippen LogP contribution in [0.5, 0.6) is 0 Å². The van der Waals surface area contributed by atoms with Crippen LogP contribution >= 0.6 is 0 Å². The minimum Gasteiger partial charge on any atom is -0.369 e. The Morgan fingerprint density at radius 2 is 1.76 bits per heavy atom. The van der Waals surface area contributed by atoms with E-state index in [0.717, 1.165) is 59.2 Å². The fourth-order valence-electron chi connectivity index (χ4n) is 4.61. The second-order valence-electron chi connectivity index (χ2n) is 9.36. The van der Waals surface area contributed by atoms with Crippen LogP contribution in [0.15, 0.2) is 95.9 Å². The van der Waals surface area contributed by atoms with Crippen molar-refractivity contribution in [3.05, 3.63) is 108 Å². The molecule has 1 saturated carbocycles. The third kappa shape index (κ3) is 5.21. The first-order valence-electron chi connectivity index (χ1n) is 12.6. The zero-order valence-electron chi connectivity index (χ0n) is 20.4. The summed E-state index contributed by atoms with van der Waals surface area (Å²) in [5, 5.41) is 8.17. The normalized spacial score (nSPS) is 13.0. The first-order valence-corrected chi connectivity index (χ1v) is 12.6. The van der Waals surface area contributed by atoms with Crippen molar-refractivity contribution in [1.82, 2.24) is 20.0 Å². The molecule has 2 aromatic heterocycles. The highest BCUT2D eigenvalue weighted by molar-refractivity contribution is 5.93. The van der Waals surface area contributed by atoms with E-state index < -0.39 is 0 Å². The fourth-order valence-corrected chi connectivity index (χ4v) is 4.61. The second kappa shape index (κ2) is 10.2. The van der Waals surface area contributed by atoms with Crippen LogP contribution in [-0.2, 0) is 13.0 Å². The number of carbonyl (C=O) groups is 1. The number of anilines is 1. The molecule has 0 aliphatic heterocycles. The molecule has 0 radical (unpaired) electrons. The summed E-state index contributed by atoms with van der Waals surface area (Å²) in [6.07, 6.45) is 6.06. The number of amides is 1. The van der Waals surface area contributed by atoms with Crippen LogP contribution in [0.3, 0.4) is 0 Å². The molecule has 7 heteroatoms. The molecule has 1 aliphatic carbocycles. The van der Waals surface area contributed by atoms with Crippen molar-refractivity contribution in [3.8, 4) is 11.1 Å². The van der Waals surface area contributed by atoms with E-state index in [-0.39, 0.29) is 17.7 Å². The standard InChI is InChI=1S/C30H27N5O2/c36-30(28-14-16-34-37-28)35(25-10-11-25)19-22-7-4-8-23(17-22)24-9-12-27-26(18-24)29(33-20-32-27)31-15-13-21-5-2-1-3-6-21/h1-9,12,14,16-18,20,25H,10-11,13,15,19H2,(H,31,32,33). The number of nitrogens with one attached hydrogen (secondary N) is 1. The van der Waals surface area contributed by atoms with Crippen molar-refractivity contribution in [2.45, 2.75) is 31.8 Å². The molecule has 184 valence electrons. The summed E-state index contributed by atoms with van der Waals surface area (Å²) >= 11 is 0. The number of aromatic nitrogens is 3. The zero-order chi connectivity index (χ0) is 25.0. The van der Waals surface area contributed by atoms with E-state index in [2.05, 4.69) is 75.0 Å². The number of fused-ring (bicyclic) bond motifs is 1. The van der Waals surface area contributed by atoms with Gasteiger partial charge in [0.2, 0.25) is 5.76 Å². The Balaban J connectivity index is 1.23. The summed E-state index contributed by atoms with van der Waals surface area (Å²) in [6.45, 7) is 1.31. The molecule has 1 N–H and O–H groups in total. The lowest BCUT2D eigenvalue weighted by molar-refractivity contribution is 0.0687. The van der Waals surface area contributed by atoms with Crippen molar-refractivity contribution in [1.29, 1.82) is 0 Å². The topological polar surface area (TPSA) is 84.2 Å². The summed E-state index contributed by atoms with van der Waals surface area (Å²) in [5.74, 6) is 1.00. The van der Waals surface area contributed by atoms with E-state index in [4.69, 9.17) is 4.52 Å². The summed E-state index contributed by atoms with van der Waals surface area (Å²) in [5.41, 5.74) is 5.42. The van der Waals surface area contributed by atoms with Gasteiger partial charge in [-0.25, -0.2) is 9.97 Å². The summed E-state index contributed by atoms with van der Waals surface area (Å²) in [4.78, 5) is 23.9. The third-order valence-electron chi connectivity index (χ3n) is 6.69. The smallest absolute Gasteiger partial charge is 0.293 e. The molecule has 1 fully saturated rings. The van der Waals surface area contributed by atoms with E-state index in [0.29, 0.717) is 6.54 Å². The second-order valence-corrected chi connectivity index (χ2v) is 9.36. The molecule has 1 aliphatic rings. The molecule has 0 unspecified atom stereocenters. The van der Waals surface area contributed by atoms with E-state index in [1.807, 2.05) is 23.1 Å². The van der Waals surface area contributed by atoms with Gasteiger partial charge in [0.15, 0.2) is 0 Å². The highest BCUT2D eigenvalue weighted by atomic mass is 16.5. The highest BCUT2D eigenvalue weighted by Crippen LogP contribution is 2.31. The molecule has 2 heterocycles. The van der Waals surface area contributed by atoms with Gasteiger partial charge >= 0.3 is 0 Å². The van der Waals surface area contributed by atoms with Gasteiger partial charge in [-0.05, 0) is 59.7 Å². The van der Waals surface area contributed by atoms with Gasteiger partial charge in [0.25, 0.3) is 5.91 Å². The molecular formula is C30H27N5O2. The number of rotatable bonds is 9. The lowest BCUT2D eigenvalue weighted by Crippen LogP contribution is -2.32. The predicted octanol–water partition coefficient (Wildman–Crippen LogP) is 5.74. The molecule has 6 rings (SSSR count). The Morgan fingerprint density at radius 3 is 2.57 bits per heavy atom. The third-order valence-corrected chi connectivity index (χ3v) is 6.69. The fraction of sp³-hybridized carbons (Fsp3) is 0.200. The zero-order valence-corrected chi connectivity index (χ0v) is 20.4. The molecule has 7 nitrogen and oxygen atoms in total. The van der Waals surface area contributed by atoms with Crippen molar-refractivity contribution in [2.24, 2.45) is 0 Å². The van der Waals surface area contributed by atoms with Gasteiger partial charge in [-0.1, -0.05) is 59.8 Å². The minimum atomic E-state index is -0.112. The van der Waals surface area contributed by atoms with Gasteiger partial charge in [0.05, 0.1) is 11.7 Å². The molecule has 3 aromatic carbocycles. The molecule has 37 heavy (non-hydrogen) atoms. The van der Waals surface area contributed by atoms with E-state index in [1.165, 1.54) is 11.8 Å². The Bertz CT molecular complexity index is 1510. The van der Waals surface area contributed by atoms with Gasteiger partial charge in [-0.2, -0.15) is 0 Å². The van der Waals surface area contributed by atoms with E-state index >= 15 is 0 Å². The first kappa shape index (κ1) is 22.9. The van der Waals surface area contributed by atoms with Crippen LogP contribution in [0.25, 0.3) is 22.0 Å². The molecule has 0 bridgehead atoms. The Hall–Kier alpha value is -4.52. The number of nitrogens with zero attached hydrogens (tertiary/aromatic N) is 4. The van der Waals surface area contributed by atoms with Crippen molar-refractivity contribution < 1.29 is 9.32 Å². The van der Waals surface area contributed by atoms with Crippen LogP contribution in [0.1, 0.15) is 34.5 Å². The summed E-state index contributed by atoms with van der Waals surface area (Å²) in [6, 6.07) is 26.9. The van der Waals surface area contributed by atoms with E-state index in [1.54, 1.807) is 12.4 Å². The maximum atomic E-state index is 13.0. The monoisotopic (exact) mass is 489 g/mol. The lowest BCUT2D eigenvalue weighted by atomic mass is 10.0. The van der Waals surface area contributed by atoms with Crippen molar-refractivity contribution >= 4 is 22.6 Å². The molecule has 0 spiro atoms. The number of hydrogen-bond donors (Lipinski definition) is 1. The van der Waals surface area contributed by atoms with Gasteiger partial charge in [0.1, 0.15) is 12.1 Å². The van der Waals surface area contributed by atoms with Crippen LogP contribution in [-0.4, -0.2) is 38.5 Å². The average molecular weight is 490 g/mol. The molecule has 0 saturated heterocycles. The molecule has 0 atom stereocenters. The number of carbonyl (C=O) groups excluding carboxylic acids is 1. The highest BCUT2D eigenvalue weighted by Gasteiger charge is 2.34. The maximum Gasteiger partial charge on any atom is 0.293 e. The van der Waals surface area contributed by atoms with E-state index in [9.17, 15) is 4.79 Å². The van der Waals surface area contributed by atoms with Crippen LogP contribution in [0.4, 0.5) is 5.82 Å².